The Morgan fingerprint density at radius 2 is 1.78 bits per heavy atom. The molecule has 1 unspecified atom stereocenters. The van der Waals surface area contributed by atoms with Gasteiger partial charge in [-0.1, -0.05) is 0 Å². The fourth-order valence-electron chi connectivity index (χ4n) is 1.34. The zero-order valence-electron chi connectivity index (χ0n) is 4.91. The summed E-state index contributed by atoms with van der Waals surface area (Å²) in [5, 5.41) is 0. The third-order valence-corrected chi connectivity index (χ3v) is 2.60. The van der Waals surface area contributed by atoms with Crippen molar-refractivity contribution in [3.63, 3.8) is 0 Å². The van der Waals surface area contributed by atoms with Gasteiger partial charge in [-0.25, -0.2) is 0 Å². The van der Waals surface area contributed by atoms with Crippen LogP contribution in [-0.4, -0.2) is 16.4 Å². The van der Waals surface area contributed by atoms with Gasteiger partial charge in [0.2, 0.25) is 0 Å². The van der Waals surface area contributed by atoms with E-state index in [1.807, 2.05) is 0 Å². The smallest absolute Gasteiger partial charge is 0.262 e. The van der Waals surface area contributed by atoms with Crippen LogP contribution < -0.4 is 0 Å². The fourth-order valence-corrected chi connectivity index (χ4v) is 2.23. The Bertz CT molecular complexity index is 133. The first-order valence-electron chi connectivity index (χ1n) is 3.12. The molecule has 2 aliphatic rings. The van der Waals surface area contributed by atoms with Crippen LogP contribution in [0, 0.1) is 0 Å². The average molecular weight is 148 g/mol. The third kappa shape index (κ3) is 0.911. The topological polar surface area (TPSA) is 35.5 Å². The van der Waals surface area contributed by atoms with Crippen molar-refractivity contribution in [3.05, 3.63) is 0 Å². The normalized spacial score (nSPS) is 49.6. The van der Waals surface area contributed by atoms with Gasteiger partial charge in [-0.15, -0.1) is 0 Å². The Morgan fingerprint density at radius 3 is 2.33 bits per heavy atom. The molecular formula is C5H8O3S. The molecular weight excluding hydrogens is 140 g/mol. The van der Waals surface area contributed by atoms with Gasteiger partial charge in [0.25, 0.3) is 0 Å². The molecule has 3 nitrogen and oxygen atoms in total. The zero-order chi connectivity index (χ0) is 6.27. The van der Waals surface area contributed by atoms with Gasteiger partial charge in [0.15, 0.2) is 0 Å². The average Bonchev–Trinajstić information content (AvgIpc) is 2.22. The maximum Gasteiger partial charge on any atom is 0.305 e. The molecule has 1 heterocycles. The van der Waals surface area contributed by atoms with Crippen molar-refractivity contribution in [2.24, 2.45) is 0 Å². The number of fused-ring (bicyclic) bond motifs is 1. The Hall–Kier alpha value is 0.0700. The van der Waals surface area contributed by atoms with Crippen molar-refractivity contribution < 1.29 is 12.6 Å². The summed E-state index contributed by atoms with van der Waals surface area (Å²) in [6.07, 6.45) is 3.43. The van der Waals surface area contributed by atoms with Crippen LogP contribution in [0.1, 0.15) is 19.3 Å². The van der Waals surface area contributed by atoms with E-state index in [-0.39, 0.29) is 12.2 Å². The Morgan fingerprint density at radius 1 is 1.22 bits per heavy atom. The first-order chi connectivity index (χ1) is 4.36. The van der Waals surface area contributed by atoms with Crippen molar-refractivity contribution in [1.82, 2.24) is 0 Å². The van der Waals surface area contributed by atoms with Crippen LogP contribution in [0.25, 0.3) is 0 Å². The summed E-state index contributed by atoms with van der Waals surface area (Å²) in [7, 11) is 0. The molecule has 2 rings (SSSR count). The second-order valence-corrected chi connectivity index (χ2v) is 3.20. The molecule has 9 heavy (non-hydrogen) atoms. The van der Waals surface area contributed by atoms with Gasteiger partial charge in [-0.05, 0) is 19.3 Å². The van der Waals surface area contributed by atoms with E-state index >= 15 is 0 Å². The lowest BCUT2D eigenvalue weighted by molar-refractivity contribution is 0.187. The van der Waals surface area contributed by atoms with Crippen LogP contribution >= 0.6 is 0 Å². The molecule has 2 fully saturated rings. The van der Waals surface area contributed by atoms with E-state index in [2.05, 4.69) is 0 Å². The minimum Gasteiger partial charge on any atom is -0.262 e. The molecule has 4 heteroatoms. The molecule has 0 bridgehead atoms. The summed E-state index contributed by atoms with van der Waals surface area (Å²) in [4.78, 5) is 0. The zero-order valence-corrected chi connectivity index (χ0v) is 5.73. The molecule has 1 aliphatic heterocycles. The van der Waals surface area contributed by atoms with E-state index in [0.29, 0.717) is 0 Å². The molecule has 1 saturated carbocycles. The van der Waals surface area contributed by atoms with E-state index < -0.39 is 11.4 Å². The summed E-state index contributed by atoms with van der Waals surface area (Å²) in [6.45, 7) is 0. The fraction of sp³-hybridized carbons (Fsp3) is 1.00. The lowest BCUT2D eigenvalue weighted by Crippen LogP contribution is -2.13. The van der Waals surface area contributed by atoms with Crippen LogP contribution in [-0.2, 0) is 19.7 Å². The summed E-state index contributed by atoms with van der Waals surface area (Å²) < 4.78 is 20.4. The van der Waals surface area contributed by atoms with Crippen LogP contribution in [0.5, 0.6) is 0 Å². The molecule has 0 aromatic carbocycles. The summed E-state index contributed by atoms with van der Waals surface area (Å²) in [5.74, 6) is 0. The van der Waals surface area contributed by atoms with Crippen LogP contribution in [0.15, 0.2) is 0 Å². The molecule has 0 spiro atoms. The molecule has 0 amide bonds. The highest BCUT2D eigenvalue weighted by Crippen LogP contribution is 2.31. The van der Waals surface area contributed by atoms with E-state index in [1.54, 1.807) is 0 Å². The van der Waals surface area contributed by atoms with Gasteiger partial charge < -0.3 is 0 Å². The molecule has 0 radical (unpaired) electrons. The van der Waals surface area contributed by atoms with Crippen molar-refractivity contribution in [2.45, 2.75) is 31.5 Å². The largest absolute Gasteiger partial charge is 0.305 e. The number of hydrogen-bond donors (Lipinski definition) is 0. The predicted molar refractivity (Wildman–Crippen MR) is 31.7 cm³/mol. The van der Waals surface area contributed by atoms with Gasteiger partial charge in [0.1, 0.15) is 12.2 Å². The first kappa shape index (κ1) is 5.82. The SMILES string of the molecule is O=S1O[C@H]2CCC[C@H]2O1. The number of rotatable bonds is 0. The third-order valence-electron chi connectivity index (χ3n) is 1.80. The molecule has 0 N–H and O–H groups in total. The monoisotopic (exact) mass is 148 g/mol. The van der Waals surface area contributed by atoms with Crippen molar-refractivity contribution in [1.29, 1.82) is 0 Å². The van der Waals surface area contributed by atoms with E-state index in [0.717, 1.165) is 19.3 Å². The molecule has 0 aromatic rings. The van der Waals surface area contributed by atoms with Crippen molar-refractivity contribution in [2.75, 3.05) is 0 Å². The van der Waals surface area contributed by atoms with Crippen molar-refractivity contribution in [3.8, 4) is 0 Å². The van der Waals surface area contributed by atoms with Gasteiger partial charge in [0.05, 0.1) is 0 Å². The highest BCUT2D eigenvalue weighted by Gasteiger charge is 2.38. The maximum atomic E-state index is 10.5. The second kappa shape index (κ2) is 2.04. The Balaban J connectivity index is 2.09. The Kier molecular flexibility index (Phi) is 1.32. The predicted octanol–water partition coefficient (Wildman–Crippen LogP) is 0.533. The molecule has 3 atom stereocenters. The quantitative estimate of drug-likeness (QED) is 0.502. The van der Waals surface area contributed by atoms with Crippen LogP contribution in [0.4, 0.5) is 0 Å². The van der Waals surface area contributed by atoms with Crippen LogP contribution in [0.3, 0.4) is 0 Å². The highest BCUT2D eigenvalue weighted by atomic mass is 32.2. The Labute approximate surface area is 56.2 Å². The molecule has 1 saturated heterocycles. The summed E-state index contributed by atoms with van der Waals surface area (Å²) in [5.41, 5.74) is 0. The summed E-state index contributed by atoms with van der Waals surface area (Å²) in [6, 6.07) is 0. The van der Waals surface area contributed by atoms with E-state index in [1.165, 1.54) is 0 Å². The van der Waals surface area contributed by atoms with Crippen LogP contribution in [0.2, 0.25) is 0 Å². The van der Waals surface area contributed by atoms with E-state index in [4.69, 9.17) is 8.37 Å². The summed E-state index contributed by atoms with van der Waals surface area (Å²) >= 11 is -1.43. The van der Waals surface area contributed by atoms with Crippen molar-refractivity contribution >= 4 is 11.4 Å². The van der Waals surface area contributed by atoms with Gasteiger partial charge in [-0.3, -0.25) is 8.37 Å². The van der Waals surface area contributed by atoms with Gasteiger partial charge in [-0.2, -0.15) is 4.21 Å². The van der Waals surface area contributed by atoms with Gasteiger partial charge >= 0.3 is 11.4 Å². The highest BCUT2D eigenvalue weighted by molar-refractivity contribution is 7.75. The maximum absolute atomic E-state index is 10.5. The van der Waals surface area contributed by atoms with Gasteiger partial charge in [0, 0.05) is 0 Å². The second-order valence-electron chi connectivity index (χ2n) is 2.40. The lowest BCUT2D eigenvalue weighted by Gasteiger charge is -1.98. The minimum atomic E-state index is -1.43. The number of hydrogen-bond acceptors (Lipinski definition) is 3. The standard InChI is InChI=1S/C5H8O3S/c6-9-7-4-2-1-3-5(4)8-9/h4-5H,1-3H2/t4-,5+,9?. The first-order valence-corrected chi connectivity index (χ1v) is 4.12. The molecule has 1 aliphatic carbocycles. The van der Waals surface area contributed by atoms with E-state index in [9.17, 15) is 4.21 Å². The minimum absolute atomic E-state index is 0.130. The molecule has 52 valence electrons. The molecule has 0 aromatic heterocycles. The lowest BCUT2D eigenvalue weighted by atomic mass is 10.3.